The van der Waals surface area contributed by atoms with E-state index in [0.29, 0.717) is 37.1 Å². The Kier molecular flexibility index (Phi) is 12.9. The molecule has 2 aromatic heterocycles. The van der Waals surface area contributed by atoms with E-state index in [4.69, 9.17) is 9.40 Å². The van der Waals surface area contributed by atoms with Crippen LogP contribution < -0.4 is 5.32 Å². The van der Waals surface area contributed by atoms with Gasteiger partial charge in [-0.1, -0.05) is 48.5 Å². The van der Waals surface area contributed by atoms with Gasteiger partial charge in [-0.15, -0.1) is 0 Å². The molecule has 3 atom stereocenters. The number of rotatable bonds is 16. The van der Waals surface area contributed by atoms with Crippen molar-refractivity contribution in [3.63, 3.8) is 0 Å². The molecule has 2 aromatic carbocycles. The molecule has 3 amide bonds. The van der Waals surface area contributed by atoms with Gasteiger partial charge in [0.1, 0.15) is 5.76 Å². The normalized spacial score (nSPS) is 21.7. The number of aromatic nitrogens is 2. The molecule has 11 nitrogen and oxygen atoms in total. The monoisotopic (exact) mass is 807 g/mol. The van der Waals surface area contributed by atoms with E-state index in [1.807, 2.05) is 42.6 Å². The maximum atomic E-state index is 13.9. The zero-order valence-electron chi connectivity index (χ0n) is 33.7. The lowest BCUT2D eigenvalue weighted by atomic mass is 9.86. The van der Waals surface area contributed by atoms with Crippen molar-refractivity contribution in [3.05, 3.63) is 119 Å². The summed E-state index contributed by atoms with van der Waals surface area (Å²) in [4.78, 5) is 57.8. The van der Waals surface area contributed by atoms with Crippen LogP contribution in [-0.4, -0.2) is 105 Å². The zero-order valence-corrected chi connectivity index (χ0v) is 33.7. The summed E-state index contributed by atoms with van der Waals surface area (Å²) in [6, 6.07) is 21.3. The van der Waals surface area contributed by atoms with Crippen molar-refractivity contribution in [2.24, 2.45) is 5.92 Å². The Labute approximate surface area is 345 Å². The Bertz CT molecular complexity index is 2000. The molecule has 1 N–H and O–H groups in total. The topological polar surface area (TPSA) is 115 Å². The van der Waals surface area contributed by atoms with E-state index in [9.17, 15) is 23.2 Å². The molecule has 0 radical (unpaired) electrons. The molecule has 59 heavy (non-hydrogen) atoms. The van der Waals surface area contributed by atoms with Crippen molar-refractivity contribution in [2.75, 3.05) is 45.8 Å². The van der Waals surface area contributed by atoms with Crippen molar-refractivity contribution < 1.29 is 27.6 Å². The van der Waals surface area contributed by atoms with Crippen LogP contribution in [0.5, 0.6) is 0 Å². The lowest BCUT2D eigenvalue weighted by Gasteiger charge is -2.45. The van der Waals surface area contributed by atoms with Crippen molar-refractivity contribution in [3.8, 4) is 0 Å². The number of hydrogen-bond acceptors (Lipinski definition) is 9. The molecule has 2 aliphatic carbocycles. The molecule has 4 aliphatic rings. The highest BCUT2D eigenvalue weighted by molar-refractivity contribution is 6.21. The minimum Gasteiger partial charge on any atom is -0.447 e. The average molecular weight is 808 g/mol. The first-order chi connectivity index (χ1) is 28.7. The molecular formula is C46H55F2N7O4. The summed E-state index contributed by atoms with van der Waals surface area (Å²) < 4.78 is 33.6. The summed E-state index contributed by atoms with van der Waals surface area (Å²) in [6.45, 7) is 5.78. The molecule has 2 fully saturated rings. The van der Waals surface area contributed by atoms with Crippen molar-refractivity contribution in [1.82, 2.24) is 34.9 Å². The highest BCUT2D eigenvalue weighted by atomic mass is 19.3. The fraction of sp³-hybridized carbons (Fsp3) is 0.500. The number of oxazole rings is 1. The van der Waals surface area contributed by atoms with Gasteiger partial charge in [-0.25, -0.2) is 13.8 Å². The van der Waals surface area contributed by atoms with Crippen LogP contribution in [0.1, 0.15) is 113 Å². The van der Waals surface area contributed by atoms with E-state index in [1.54, 1.807) is 30.5 Å². The van der Waals surface area contributed by atoms with Crippen LogP contribution in [-0.2, 0) is 17.8 Å². The molecule has 4 heterocycles. The molecule has 0 unspecified atom stereocenters. The van der Waals surface area contributed by atoms with Crippen LogP contribution in [0.3, 0.4) is 0 Å². The number of carbonyl (C=O) groups is 3. The Hall–Kier alpha value is -4.85. The Morgan fingerprint density at radius 3 is 2.44 bits per heavy atom. The maximum Gasteiger partial charge on any atom is 0.261 e. The van der Waals surface area contributed by atoms with E-state index in [-0.39, 0.29) is 61.5 Å². The molecule has 4 aromatic rings. The second-order valence-corrected chi connectivity index (χ2v) is 16.7. The fourth-order valence-electron chi connectivity index (χ4n) is 9.59. The van der Waals surface area contributed by atoms with Crippen LogP contribution in [0.25, 0.3) is 0 Å². The van der Waals surface area contributed by atoms with Crippen LogP contribution in [0.4, 0.5) is 8.78 Å². The quantitative estimate of drug-likeness (QED) is 0.0937. The largest absolute Gasteiger partial charge is 0.447 e. The highest BCUT2D eigenvalue weighted by Gasteiger charge is 2.39. The van der Waals surface area contributed by atoms with Crippen LogP contribution >= 0.6 is 0 Å². The number of benzene rings is 2. The molecule has 2 aliphatic heterocycles. The van der Waals surface area contributed by atoms with Crippen LogP contribution in [0, 0.1) is 5.92 Å². The van der Waals surface area contributed by atoms with Gasteiger partial charge in [0, 0.05) is 70.3 Å². The number of amides is 3. The average Bonchev–Trinajstić information content (AvgIpc) is 3.86. The smallest absolute Gasteiger partial charge is 0.261 e. The molecule has 1 saturated carbocycles. The van der Waals surface area contributed by atoms with E-state index in [2.05, 4.69) is 31.1 Å². The number of carbonyl (C=O) groups excluding carboxylic acids is 3. The second kappa shape index (κ2) is 18.6. The third-order valence-electron chi connectivity index (χ3n) is 12.9. The van der Waals surface area contributed by atoms with Crippen LogP contribution in [0.2, 0.25) is 0 Å². The molecule has 8 rings (SSSR count). The Morgan fingerprint density at radius 2 is 1.69 bits per heavy atom. The van der Waals surface area contributed by atoms with Crippen molar-refractivity contribution in [2.45, 2.75) is 94.8 Å². The maximum absolute atomic E-state index is 13.9. The molecule has 13 heteroatoms. The number of fused-ring (bicyclic) bond motifs is 2. The zero-order chi connectivity index (χ0) is 40.8. The van der Waals surface area contributed by atoms with Crippen molar-refractivity contribution in [1.29, 1.82) is 0 Å². The molecule has 1 saturated heterocycles. The van der Waals surface area contributed by atoms with Gasteiger partial charge in [-0.2, -0.15) is 0 Å². The molecular weight excluding hydrogens is 753 g/mol. The van der Waals surface area contributed by atoms with E-state index < -0.39 is 11.8 Å². The second-order valence-electron chi connectivity index (χ2n) is 16.7. The number of imide groups is 1. The van der Waals surface area contributed by atoms with Gasteiger partial charge in [-0.3, -0.25) is 34.1 Å². The van der Waals surface area contributed by atoms with Gasteiger partial charge in [0.2, 0.25) is 11.8 Å². The van der Waals surface area contributed by atoms with Gasteiger partial charge in [-0.05, 0) is 87.2 Å². The summed E-state index contributed by atoms with van der Waals surface area (Å²) in [5.74, 6) is -2.84. The summed E-state index contributed by atoms with van der Waals surface area (Å²) in [7, 11) is 0. The SMILES string of the molecule is O=C(N[C@@H](CCN1CCN(Cc2cnco2)[C@@H](CN(CCCCN2C(=O)c3ccccc3C2=O)[C@H]2CCCc3cccnc32)C1)c1ccccc1)C1CCC(F)(F)CC1. The van der Waals surface area contributed by atoms with Gasteiger partial charge in [0.15, 0.2) is 6.39 Å². The van der Waals surface area contributed by atoms with Gasteiger partial charge in [0.05, 0.1) is 41.6 Å². The number of nitrogens with one attached hydrogen (secondary N) is 1. The Morgan fingerprint density at radius 1 is 0.932 bits per heavy atom. The van der Waals surface area contributed by atoms with E-state index in [1.165, 1.54) is 16.9 Å². The van der Waals surface area contributed by atoms with E-state index >= 15 is 0 Å². The number of pyridine rings is 1. The number of unbranched alkanes of at least 4 members (excludes halogenated alkanes) is 1. The number of piperazine rings is 1. The van der Waals surface area contributed by atoms with Crippen LogP contribution in [0.15, 0.2) is 89.9 Å². The lowest BCUT2D eigenvalue weighted by Crippen LogP contribution is -2.57. The number of hydrogen-bond donors (Lipinski definition) is 1. The molecule has 0 spiro atoms. The number of halogens is 2. The Balaban J connectivity index is 0.970. The third-order valence-corrected chi connectivity index (χ3v) is 12.9. The number of alkyl halides is 2. The minimum absolute atomic E-state index is 0.132. The minimum atomic E-state index is -2.68. The standard InChI is InChI=1S/C46H55F2N7O4/c47-46(48)20-17-35(18-21-46)43(56)51-40(33-10-2-1-3-11-33)19-25-52-26-27-53(31-37-28-49-32-59-37)36(29-52)30-54(41-16-8-12-34-13-9-22-50-42(34)41)23-6-7-24-55-44(57)38-14-4-5-15-39(38)45(55)58/h1-5,9-11,13-15,22,28,32,35-36,40-41H,6-8,12,16-21,23-27,29-31H2,(H,51,56)/t36-,40+,41+/m1/s1. The van der Waals surface area contributed by atoms with Gasteiger partial charge >= 0.3 is 0 Å². The first-order valence-corrected chi connectivity index (χ1v) is 21.4. The van der Waals surface area contributed by atoms with Crippen molar-refractivity contribution >= 4 is 17.7 Å². The summed E-state index contributed by atoms with van der Waals surface area (Å²) in [6.07, 6.45) is 10.3. The number of nitrogens with zero attached hydrogens (tertiary/aromatic N) is 6. The fourth-order valence-corrected chi connectivity index (χ4v) is 9.59. The lowest BCUT2D eigenvalue weighted by molar-refractivity contribution is -0.130. The third kappa shape index (κ3) is 9.80. The van der Waals surface area contributed by atoms with E-state index in [0.717, 1.165) is 82.0 Å². The predicted molar refractivity (Wildman–Crippen MR) is 219 cm³/mol. The first kappa shape index (κ1) is 40.9. The summed E-state index contributed by atoms with van der Waals surface area (Å²) in [5.41, 5.74) is 4.40. The van der Waals surface area contributed by atoms with Gasteiger partial charge < -0.3 is 14.6 Å². The molecule has 312 valence electrons. The predicted octanol–water partition coefficient (Wildman–Crippen LogP) is 7.08. The molecule has 0 bridgehead atoms. The summed E-state index contributed by atoms with van der Waals surface area (Å²) in [5, 5.41) is 3.26. The summed E-state index contributed by atoms with van der Waals surface area (Å²) >= 11 is 0. The first-order valence-electron chi connectivity index (χ1n) is 21.4. The van der Waals surface area contributed by atoms with Gasteiger partial charge in [0.25, 0.3) is 11.8 Å². The highest BCUT2D eigenvalue weighted by Crippen LogP contribution is 2.37. The number of aryl methyl sites for hydroxylation is 1.